The number of aliphatic hydroxyl groups excluding tert-OH is 1. The highest BCUT2D eigenvalue weighted by Crippen LogP contribution is 2.24. The number of nitrogens with one attached hydrogen (secondary N) is 4. The van der Waals surface area contributed by atoms with Crippen LogP contribution in [0.3, 0.4) is 0 Å². The number of carbonyl (C=O) groups excluding carboxylic acids is 12. The summed E-state index contributed by atoms with van der Waals surface area (Å²) in [6.07, 6.45) is 0.566. The van der Waals surface area contributed by atoms with Crippen molar-refractivity contribution in [1.82, 2.24) is 60.5 Å². The Labute approximate surface area is 573 Å². The molecule has 2 aliphatic rings. The molecule has 0 spiro atoms. The van der Waals surface area contributed by atoms with Crippen molar-refractivity contribution in [3.63, 3.8) is 0 Å². The number of likely N-dealkylation sites (tertiary alicyclic amines) is 1. The number of carbonyl (C=O) groups is 12. The van der Waals surface area contributed by atoms with Gasteiger partial charge in [0.15, 0.2) is 0 Å². The van der Waals surface area contributed by atoms with Gasteiger partial charge in [0.25, 0.3) is 0 Å². The number of nitrogens with zero attached hydrogens (tertiary/aromatic N) is 8. The van der Waals surface area contributed by atoms with E-state index in [0.717, 1.165) is 26.7 Å². The van der Waals surface area contributed by atoms with E-state index in [9.17, 15) is 48.3 Å². The van der Waals surface area contributed by atoms with Crippen LogP contribution in [0, 0.1) is 23.7 Å². The molecule has 0 unspecified atom stereocenters. The maximum atomic E-state index is 15.2. The summed E-state index contributed by atoms with van der Waals surface area (Å²) in [7, 11) is 9.68. The van der Waals surface area contributed by atoms with E-state index in [0.29, 0.717) is 36.5 Å². The highest BCUT2D eigenvalue weighted by Gasteiger charge is 2.44. The molecule has 2 fully saturated rings. The minimum atomic E-state index is -1.66. The Morgan fingerprint density at radius 1 is 0.521 bits per heavy atom. The van der Waals surface area contributed by atoms with Crippen LogP contribution in [0.15, 0.2) is 54.6 Å². The predicted molar refractivity (Wildman–Crippen MR) is 366 cm³/mol. The maximum Gasteiger partial charge on any atom is 0.248 e. The van der Waals surface area contributed by atoms with Crippen molar-refractivity contribution in [3.05, 3.63) is 70.7 Å². The van der Waals surface area contributed by atoms with E-state index >= 15 is 14.4 Å². The molecule has 4 rings (SSSR count). The Morgan fingerprint density at radius 3 is 1.57 bits per heavy atom. The fourth-order valence-corrected chi connectivity index (χ4v) is 12.4. The minimum absolute atomic E-state index is 0.0156. The van der Waals surface area contributed by atoms with Crippen molar-refractivity contribution in [2.45, 2.75) is 207 Å². The first-order valence-corrected chi connectivity index (χ1v) is 34.1. The Kier molecular flexibility index (Phi) is 31.3. The zero-order valence-corrected chi connectivity index (χ0v) is 60.6. The van der Waals surface area contributed by atoms with Gasteiger partial charge in [-0.3, -0.25) is 57.5 Å². The molecule has 11 atom stereocenters. The van der Waals surface area contributed by atoms with Crippen LogP contribution in [-0.2, 0) is 70.4 Å². The predicted octanol–water partition coefficient (Wildman–Crippen LogP) is 3.51. The first kappa shape index (κ1) is 80.8. The number of likely N-dealkylation sites (N-methyl/N-ethyl adjacent to an activating group) is 7. The Bertz CT molecular complexity index is 3020. The molecule has 0 bridgehead atoms. The third kappa shape index (κ3) is 22.5. The maximum absolute atomic E-state index is 15.2. The number of halogens is 1. The molecule has 0 aromatic heterocycles. The van der Waals surface area contributed by atoms with Crippen LogP contribution in [0.1, 0.15) is 139 Å². The smallest absolute Gasteiger partial charge is 0.248 e. The van der Waals surface area contributed by atoms with Gasteiger partial charge in [-0.25, -0.2) is 0 Å². The number of piperidine rings is 1. The molecule has 2 aromatic carbocycles. The normalized spacial score (nSPS) is 25.6. The van der Waals surface area contributed by atoms with E-state index < -0.39 is 156 Å². The molecule has 0 saturated carbocycles. The van der Waals surface area contributed by atoms with E-state index in [4.69, 9.17) is 11.6 Å². The molecule has 2 heterocycles. The molecular weight excluding hydrogens is 1250 g/mol. The van der Waals surface area contributed by atoms with Gasteiger partial charge in [-0.1, -0.05) is 109 Å². The molecule has 0 radical (unpaired) electrons. The van der Waals surface area contributed by atoms with Crippen LogP contribution < -0.4 is 21.3 Å². The molecule has 25 nitrogen and oxygen atoms in total. The molecule has 534 valence electrons. The van der Waals surface area contributed by atoms with Crippen LogP contribution in [0.2, 0.25) is 5.02 Å². The van der Waals surface area contributed by atoms with Gasteiger partial charge in [0.2, 0.25) is 70.9 Å². The second kappa shape index (κ2) is 37.2. The fourth-order valence-electron chi connectivity index (χ4n) is 12.2. The highest BCUT2D eigenvalue weighted by atomic mass is 35.5. The molecule has 5 N–H and O–H groups in total. The number of hydrogen-bond acceptors (Lipinski definition) is 13. The number of amides is 12. The lowest BCUT2D eigenvalue weighted by molar-refractivity contribution is -0.151. The molecule has 2 aliphatic heterocycles. The Hall–Kier alpha value is -7.67. The molecule has 12 amide bonds. The third-order valence-corrected chi connectivity index (χ3v) is 18.5. The monoisotopic (exact) mass is 1360 g/mol. The molecule has 2 saturated heterocycles. The van der Waals surface area contributed by atoms with Gasteiger partial charge in [0.1, 0.15) is 60.4 Å². The summed E-state index contributed by atoms with van der Waals surface area (Å²) >= 11 is 6.24. The van der Waals surface area contributed by atoms with Gasteiger partial charge >= 0.3 is 0 Å². The van der Waals surface area contributed by atoms with Crippen LogP contribution in [-0.4, -0.2) is 251 Å². The van der Waals surface area contributed by atoms with Crippen LogP contribution >= 0.6 is 11.6 Å². The van der Waals surface area contributed by atoms with Crippen LogP contribution in [0.25, 0.3) is 0 Å². The van der Waals surface area contributed by atoms with Crippen LogP contribution in [0.4, 0.5) is 0 Å². The number of benzene rings is 2. The lowest BCUT2D eigenvalue weighted by Gasteiger charge is -2.38. The van der Waals surface area contributed by atoms with E-state index in [-0.39, 0.29) is 56.3 Å². The van der Waals surface area contributed by atoms with E-state index in [2.05, 4.69) is 21.3 Å². The van der Waals surface area contributed by atoms with Crippen molar-refractivity contribution in [1.29, 1.82) is 0 Å². The summed E-state index contributed by atoms with van der Waals surface area (Å²) in [5.41, 5.74) is 1.42. The summed E-state index contributed by atoms with van der Waals surface area (Å²) in [5, 5.41) is 22.7. The van der Waals surface area contributed by atoms with E-state index in [1.165, 1.54) is 89.7 Å². The fraction of sp³-hybridized carbons (Fsp3) is 0.657. The van der Waals surface area contributed by atoms with Crippen LogP contribution in [0.5, 0.6) is 0 Å². The second-order valence-corrected chi connectivity index (χ2v) is 28.3. The Morgan fingerprint density at radius 2 is 1.03 bits per heavy atom. The lowest BCUT2D eigenvalue weighted by atomic mass is 9.96. The Balaban J connectivity index is 1.92. The second-order valence-electron chi connectivity index (χ2n) is 27.8. The largest absolute Gasteiger partial charge is 0.391 e. The third-order valence-electron chi connectivity index (χ3n) is 18.3. The summed E-state index contributed by atoms with van der Waals surface area (Å²) in [5.74, 6) is -9.88. The molecule has 96 heavy (non-hydrogen) atoms. The molecule has 2 aromatic rings. The standard InChI is InChI=1S/C70H109ClN12O13/c1-41(2)35-53-63(89)74-52(67(93)83-33-23-20-24-34-83)39-57(85)77(13)46(10)61(87)73-51(32-29-48-27-30-50(71)31-28-48)66(92)81(17)55(37-43(5)6)68(94)79(15)54(36-42(3)4)62(88)72-45(9)65(91)80(16)56(38-49-25-21-19-22-26-49)69(95)82(18)60(44(7)8)64(90)75-59(47(11)84)70(96)76(12)40-58(86)78(53)14/h19,21-22,25-28,30-31,41-47,51-56,59-60,84H,20,23-24,29,32-40H2,1-18H3,(H,72,88)(H,73,87)(H,74,89)(H,75,90)/t45-,46-,47+,51-,52-,53-,54-,55-,56-,59-,60-/m0/s1. The van der Waals surface area contributed by atoms with Crippen molar-refractivity contribution in [2.24, 2.45) is 23.7 Å². The summed E-state index contributed by atoms with van der Waals surface area (Å²) in [6, 6.07) is 2.48. The van der Waals surface area contributed by atoms with Crippen molar-refractivity contribution in [3.8, 4) is 0 Å². The quantitative estimate of drug-likeness (QED) is 0.181. The van der Waals surface area contributed by atoms with Gasteiger partial charge in [0.05, 0.1) is 19.1 Å². The first-order chi connectivity index (χ1) is 44.9. The summed E-state index contributed by atoms with van der Waals surface area (Å²) in [6.45, 7) is 18.7. The zero-order valence-electron chi connectivity index (χ0n) is 59.9. The number of rotatable bonds is 14. The van der Waals surface area contributed by atoms with Crippen molar-refractivity contribution < 1.29 is 62.6 Å². The van der Waals surface area contributed by atoms with Crippen molar-refractivity contribution in [2.75, 3.05) is 69.0 Å². The topological polar surface area (TPSA) is 299 Å². The number of aryl methyl sites for hydroxylation is 1. The highest BCUT2D eigenvalue weighted by molar-refractivity contribution is 6.30. The number of hydrogen-bond donors (Lipinski definition) is 5. The molecular formula is C70H109ClN12O13. The summed E-state index contributed by atoms with van der Waals surface area (Å²) in [4.78, 5) is 187. The lowest BCUT2D eigenvalue weighted by Crippen LogP contribution is -2.62. The SMILES string of the molecule is CC(C)C[C@H]1C(=O)N[C@H](C(=O)N2CCCCC2)CC(=O)N(C)[C@@H](C)C(=O)N[C@@H](CCc2ccc(Cl)cc2)C(=O)N(C)[C@@H](CC(C)C)C(=O)N(C)[C@@H](CC(C)C)C(=O)N[C@@H](C)C(=O)N(C)[C@@H](Cc2ccccc2)C(=O)N(C)[C@@H](C(C)C)C(=O)N[C@@H]([C@@H](C)O)C(=O)N(C)CC(=O)N1C. The van der Waals surface area contributed by atoms with Gasteiger partial charge in [-0.05, 0) is 119 Å². The molecule has 0 aliphatic carbocycles. The van der Waals surface area contributed by atoms with Gasteiger partial charge in [-0.2, -0.15) is 0 Å². The summed E-state index contributed by atoms with van der Waals surface area (Å²) < 4.78 is 0. The number of aliphatic hydroxyl groups is 1. The minimum Gasteiger partial charge on any atom is -0.391 e. The van der Waals surface area contributed by atoms with Crippen molar-refractivity contribution >= 4 is 82.5 Å². The van der Waals surface area contributed by atoms with Gasteiger partial charge in [-0.15, -0.1) is 0 Å². The zero-order chi connectivity index (χ0) is 72.3. The average molecular weight is 1360 g/mol. The van der Waals surface area contributed by atoms with Gasteiger partial charge in [0, 0.05) is 73.9 Å². The first-order valence-electron chi connectivity index (χ1n) is 33.7. The van der Waals surface area contributed by atoms with E-state index in [1.807, 2.05) is 41.5 Å². The average Bonchev–Trinajstić information content (AvgIpc) is 0.838. The van der Waals surface area contributed by atoms with E-state index in [1.54, 1.807) is 73.3 Å². The molecule has 26 heteroatoms. The van der Waals surface area contributed by atoms with Gasteiger partial charge < -0.3 is 65.6 Å².